The molecule has 4 nitrogen and oxygen atoms in total. The van der Waals surface area contributed by atoms with Gasteiger partial charge in [-0.1, -0.05) is 42.5 Å². The van der Waals surface area contributed by atoms with Crippen molar-refractivity contribution >= 4 is 6.03 Å². The standard InChI is InChI=1S/C18H24N2O2/c21-18(20-16-9-5-2-6-10-16)19-13-15-11-12-22-17(15)14-7-3-1-4-8-14/h1,3-5,7-9,15-17H,2,6,10-13H2,(H2,19,20,21)/t15-,16?,17-/m0/s1. The molecule has 0 spiro atoms. The quantitative estimate of drug-likeness (QED) is 0.839. The van der Waals surface area contributed by atoms with Gasteiger partial charge < -0.3 is 15.4 Å². The van der Waals surface area contributed by atoms with Gasteiger partial charge in [-0.3, -0.25) is 0 Å². The third-order valence-electron chi connectivity index (χ3n) is 4.44. The third-order valence-corrected chi connectivity index (χ3v) is 4.44. The van der Waals surface area contributed by atoms with Crippen LogP contribution in [0.15, 0.2) is 42.5 Å². The lowest BCUT2D eigenvalue weighted by Gasteiger charge is -2.21. The van der Waals surface area contributed by atoms with Gasteiger partial charge in [-0.2, -0.15) is 0 Å². The second-order valence-electron chi connectivity index (χ2n) is 6.07. The second-order valence-corrected chi connectivity index (χ2v) is 6.07. The van der Waals surface area contributed by atoms with Crippen molar-refractivity contribution < 1.29 is 9.53 Å². The van der Waals surface area contributed by atoms with Crippen LogP contribution in [0.25, 0.3) is 0 Å². The molecule has 22 heavy (non-hydrogen) atoms. The van der Waals surface area contributed by atoms with Crippen LogP contribution in [0.2, 0.25) is 0 Å². The minimum absolute atomic E-state index is 0.0738. The van der Waals surface area contributed by atoms with Crippen molar-refractivity contribution in [2.75, 3.05) is 13.2 Å². The molecule has 1 aromatic rings. The Kier molecular flexibility index (Phi) is 5.11. The molecule has 2 N–H and O–H groups in total. The van der Waals surface area contributed by atoms with Crippen molar-refractivity contribution in [2.24, 2.45) is 5.92 Å². The minimum Gasteiger partial charge on any atom is -0.373 e. The van der Waals surface area contributed by atoms with E-state index in [1.165, 1.54) is 5.56 Å². The Labute approximate surface area is 131 Å². The number of carbonyl (C=O) groups is 1. The predicted octanol–water partition coefficient (Wildman–Crippen LogP) is 3.17. The van der Waals surface area contributed by atoms with Gasteiger partial charge in [0.05, 0.1) is 6.10 Å². The molecular weight excluding hydrogens is 276 g/mol. The van der Waals surface area contributed by atoms with Gasteiger partial charge in [0.2, 0.25) is 0 Å². The normalized spacial score (nSPS) is 27.5. The van der Waals surface area contributed by atoms with Gasteiger partial charge in [-0.25, -0.2) is 4.79 Å². The van der Waals surface area contributed by atoms with Crippen LogP contribution in [0.4, 0.5) is 4.79 Å². The first kappa shape index (κ1) is 15.1. The molecular formula is C18H24N2O2. The van der Waals surface area contributed by atoms with Gasteiger partial charge in [0.1, 0.15) is 0 Å². The lowest BCUT2D eigenvalue weighted by Crippen LogP contribution is -2.43. The van der Waals surface area contributed by atoms with Crippen LogP contribution in [0, 0.1) is 5.92 Å². The molecule has 0 bridgehead atoms. The minimum atomic E-state index is -0.0738. The zero-order valence-electron chi connectivity index (χ0n) is 12.8. The Morgan fingerprint density at radius 3 is 2.86 bits per heavy atom. The highest BCUT2D eigenvalue weighted by molar-refractivity contribution is 5.74. The smallest absolute Gasteiger partial charge is 0.315 e. The molecule has 3 rings (SSSR count). The molecule has 118 valence electrons. The highest BCUT2D eigenvalue weighted by Crippen LogP contribution is 2.33. The van der Waals surface area contributed by atoms with E-state index in [2.05, 4.69) is 34.9 Å². The summed E-state index contributed by atoms with van der Waals surface area (Å²) < 4.78 is 5.85. The van der Waals surface area contributed by atoms with Crippen molar-refractivity contribution in [3.05, 3.63) is 48.0 Å². The molecule has 0 radical (unpaired) electrons. The molecule has 1 fully saturated rings. The molecule has 1 unspecified atom stereocenters. The number of benzene rings is 1. The number of amides is 2. The first-order valence-electron chi connectivity index (χ1n) is 8.20. The zero-order chi connectivity index (χ0) is 15.2. The molecule has 3 atom stereocenters. The summed E-state index contributed by atoms with van der Waals surface area (Å²) in [6.45, 7) is 1.42. The van der Waals surface area contributed by atoms with Crippen molar-refractivity contribution in [3.8, 4) is 0 Å². The highest BCUT2D eigenvalue weighted by Gasteiger charge is 2.29. The maximum absolute atomic E-state index is 12.0. The number of nitrogens with one attached hydrogen (secondary N) is 2. The molecule has 1 aromatic carbocycles. The van der Waals surface area contributed by atoms with E-state index in [4.69, 9.17) is 4.74 Å². The molecule has 0 aromatic heterocycles. The summed E-state index contributed by atoms with van der Waals surface area (Å²) in [6.07, 6.45) is 8.62. The number of urea groups is 1. The van der Waals surface area contributed by atoms with E-state index in [-0.39, 0.29) is 18.2 Å². The van der Waals surface area contributed by atoms with E-state index >= 15 is 0 Å². The summed E-state index contributed by atoms with van der Waals surface area (Å²) in [6, 6.07) is 10.4. The molecule has 1 aliphatic carbocycles. The average molecular weight is 300 g/mol. The lowest BCUT2D eigenvalue weighted by atomic mass is 9.95. The summed E-state index contributed by atoms with van der Waals surface area (Å²) in [4.78, 5) is 12.0. The van der Waals surface area contributed by atoms with Crippen LogP contribution in [-0.2, 0) is 4.74 Å². The van der Waals surface area contributed by atoms with E-state index in [0.29, 0.717) is 12.5 Å². The fraction of sp³-hybridized carbons (Fsp3) is 0.500. The molecule has 1 aliphatic heterocycles. The number of carbonyl (C=O) groups excluding carboxylic acids is 1. The summed E-state index contributed by atoms with van der Waals surface area (Å²) in [7, 11) is 0. The van der Waals surface area contributed by atoms with E-state index in [9.17, 15) is 4.79 Å². The average Bonchev–Trinajstić information content (AvgIpc) is 3.03. The lowest BCUT2D eigenvalue weighted by molar-refractivity contribution is 0.0910. The molecule has 1 heterocycles. The fourth-order valence-electron chi connectivity index (χ4n) is 3.23. The number of rotatable bonds is 4. The van der Waals surface area contributed by atoms with Gasteiger partial charge in [0.25, 0.3) is 0 Å². The zero-order valence-corrected chi connectivity index (χ0v) is 12.8. The number of allylic oxidation sites excluding steroid dienone is 1. The van der Waals surface area contributed by atoms with E-state index < -0.39 is 0 Å². The second kappa shape index (κ2) is 7.45. The van der Waals surface area contributed by atoms with Crippen LogP contribution in [0.5, 0.6) is 0 Å². The van der Waals surface area contributed by atoms with Gasteiger partial charge in [0, 0.05) is 25.1 Å². The summed E-state index contributed by atoms with van der Waals surface area (Å²) in [5.74, 6) is 0.343. The Bertz CT molecular complexity index is 515. The Balaban J connectivity index is 1.49. The van der Waals surface area contributed by atoms with Crippen LogP contribution < -0.4 is 10.6 Å². The van der Waals surface area contributed by atoms with Crippen LogP contribution in [-0.4, -0.2) is 25.2 Å². The first-order valence-corrected chi connectivity index (χ1v) is 8.20. The largest absolute Gasteiger partial charge is 0.373 e. The molecule has 2 aliphatic rings. The van der Waals surface area contributed by atoms with Crippen molar-refractivity contribution in [3.63, 3.8) is 0 Å². The molecule has 2 amide bonds. The predicted molar refractivity (Wildman–Crippen MR) is 86.6 cm³/mol. The molecule has 0 saturated carbocycles. The van der Waals surface area contributed by atoms with Gasteiger partial charge >= 0.3 is 6.03 Å². The topological polar surface area (TPSA) is 50.4 Å². The first-order chi connectivity index (χ1) is 10.8. The molecule has 4 heteroatoms. The van der Waals surface area contributed by atoms with Crippen molar-refractivity contribution in [2.45, 2.75) is 37.8 Å². The van der Waals surface area contributed by atoms with Gasteiger partial charge in [0.15, 0.2) is 0 Å². The number of hydrogen-bond donors (Lipinski definition) is 2. The Morgan fingerprint density at radius 1 is 1.23 bits per heavy atom. The number of hydrogen-bond acceptors (Lipinski definition) is 2. The van der Waals surface area contributed by atoms with E-state index in [1.54, 1.807) is 0 Å². The molecule has 1 saturated heterocycles. The van der Waals surface area contributed by atoms with Gasteiger partial charge in [-0.15, -0.1) is 0 Å². The maximum atomic E-state index is 12.0. The monoisotopic (exact) mass is 300 g/mol. The van der Waals surface area contributed by atoms with Crippen LogP contribution in [0.1, 0.15) is 37.4 Å². The highest BCUT2D eigenvalue weighted by atomic mass is 16.5. The van der Waals surface area contributed by atoms with Crippen molar-refractivity contribution in [1.29, 1.82) is 0 Å². The van der Waals surface area contributed by atoms with Gasteiger partial charge in [-0.05, 0) is 31.2 Å². The van der Waals surface area contributed by atoms with E-state index in [0.717, 1.165) is 32.3 Å². The summed E-state index contributed by atoms with van der Waals surface area (Å²) in [5, 5.41) is 6.03. The van der Waals surface area contributed by atoms with Crippen molar-refractivity contribution in [1.82, 2.24) is 10.6 Å². The summed E-state index contributed by atoms with van der Waals surface area (Å²) in [5.41, 5.74) is 1.20. The Morgan fingerprint density at radius 2 is 2.09 bits per heavy atom. The number of ether oxygens (including phenoxy) is 1. The summed E-state index contributed by atoms with van der Waals surface area (Å²) >= 11 is 0. The van der Waals surface area contributed by atoms with Crippen LogP contribution in [0.3, 0.4) is 0 Å². The third kappa shape index (κ3) is 3.89. The van der Waals surface area contributed by atoms with E-state index in [1.807, 2.05) is 18.2 Å². The SMILES string of the molecule is O=C(NC[C@@H]1CCO[C@H]1c1ccccc1)NC1C=CCCC1. The Hall–Kier alpha value is -1.81. The van der Waals surface area contributed by atoms with Crippen LogP contribution >= 0.6 is 0 Å². The maximum Gasteiger partial charge on any atom is 0.315 e. The fourth-order valence-corrected chi connectivity index (χ4v) is 3.23.